The summed E-state index contributed by atoms with van der Waals surface area (Å²) in [5.41, 5.74) is 4.23. The highest BCUT2D eigenvalue weighted by atomic mass is 32.2. The lowest BCUT2D eigenvalue weighted by molar-refractivity contribution is -0.113. The Morgan fingerprint density at radius 1 is 1.09 bits per heavy atom. The van der Waals surface area contributed by atoms with Crippen molar-refractivity contribution in [3.8, 4) is 5.75 Å². The molecule has 170 valence electrons. The Labute approximate surface area is 197 Å². The van der Waals surface area contributed by atoms with Gasteiger partial charge in [-0.25, -0.2) is 9.67 Å². The maximum atomic E-state index is 13.5. The van der Waals surface area contributed by atoms with Gasteiger partial charge < -0.3 is 4.74 Å². The van der Waals surface area contributed by atoms with Crippen molar-refractivity contribution in [3.63, 3.8) is 0 Å². The predicted octanol–water partition coefficient (Wildman–Crippen LogP) is 4.39. The van der Waals surface area contributed by atoms with Gasteiger partial charge in [0.1, 0.15) is 11.4 Å². The number of rotatable bonds is 7. The van der Waals surface area contributed by atoms with E-state index in [1.165, 1.54) is 11.8 Å². The number of benzene rings is 2. The highest BCUT2D eigenvalue weighted by Crippen LogP contribution is 2.32. The van der Waals surface area contributed by atoms with E-state index in [-0.39, 0.29) is 5.91 Å². The molecule has 2 heterocycles. The third kappa shape index (κ3) is 5.14. The summed E-state index contributed by atoms with van der Waals surface area (Å²) in [7, 11) is 1.63. The van der Waals surface area contributed by atoms with Crippen LogP contribution < -0.4 is 9.64 Å². The predicted molar refractivity (Wildman–Crippen MR) is 131 cm³/mol. The number of carbonyl (C=O) groups is 1. The highest BCUT2D eigenvalue weighted by Gasteiger charge is 2.32. The minimum absolute atomic E-state index is 0.161. The average Bonchev–Trinajstić information content (AvgIpc) is 3.36. The molecule has 33 heavy (non-hydrogen) atoms. The second-order valence-corrected chi connectivity index (χ2v) is 8.73. The summed E-state index contributed by atoms with van der Waals surface area (Å²) in [6.45, 7) is 6.87. The Bertz CT molecular complexity index is 1200. The standard InChI is InChI=1S/C24H26N6O2S/c1-5-10-29-22(26-27-28-29)15-33-24-25-21(14-18-6-8-20(32-4)9-7-18)23(31)30(24)19-12-16(2)11-17(3)13-19/h6-9,11-14H,5,10,15H2,1-4H3/b21-14-. The maximum Gasteiger partial charge on any atom is 0.283 e. The first-order chi connectivity index (χ1) is 16.0. The van der Waals surface area contributed by atoms with Crippen molar-refractivity contribution < 1.29 is 9.53 Å². The van der Waals surface area contributed by atoms with Gasteiger partial charge in [0.05, 0.1) is 18.6 Å². The van der Waals surface area contributed by atoms with Crippen LogP contribution in [-0.2, 0) is 17.1 Å². The third-order valence-electron chi connectivity index (χ3n) is 5.09. The molecule has 0 bridgehead atoms. The van der Waals surface area contributed by atoms with Crippen LogP contribution in [0.2, 0.25) is 0 Å². The van der Waals surface area contributed by atoms with Gasteiger partial charge in [-0.05, 0) is 77.7 Å². The van der Waals surface area contributed by atoms with Gasteiger partial charge >= 0.3 is 0 Å². The van der Waals surface area contributed by atoms with Crippen molar-refractivity contribution in [2.75, 3.05) is 12.0 Å². The summed E-state index contributed by atoms with van der Waals surface area (Å²) >= 11 is 1.45. The molecule has 8 nitrogen and oxygen atoms in total. The number of methoxy groups -OCH3 is 1. The topological polar surface area (TPSA) is 85.5 Å². The van der Waals surface area contributed by atoms with E-state index in [1.807, 2.05) is 50.2 Å². The van der Waals surface area contributed by atoms with Gasteiger partial charge in [-0.3, -0.25) is 9.69 Å². The van der Waals surface area contributed by atoms with E-state index in [0.717, 1.165) is 46.9 Å². The van der Waals surface area contributed by atoms with Gasteiger partial charge in [0.2, 0.25) is 0 Å². The molecular formula is C24H26N6O2S. The van der Waals surface area contributed by atoms with Crippen molar-refractivity contribution in [3.05, 3.63) is 70.7 Å². The van der Waals surface area contributed by atoms with E-state index in [4.69, 9.17) is 9.73 Å². The van der Waals surface area contributed by atoms with Crippen LogP contribution in [0.25, 0.3) is 6.08 Å². The number of hydrogen-bond donors (Lipinski definition) is 0. The first-order valence-corrected chi connectivity index (χ1v) is 11.7. The third-order valence-corrected chi connectivity index (χ3v) is 6.02. The fraction of sp³-hybridized carbons (Fsp3) is 0.292. The lowest BCUT2D eigenvalue weighted by atomic mass is 10.1. The van der Waals surface area contributed by atoms with E-state index in [9.17, 15) is 4.79 Å². The number of aliphatic imine (C=N–C) groups is 1. The second-order valence-electron chi connectivity index (χ2n) is 7.79. The number of ether oxygens (including phenoxy) is 1. The Morgan fingerprint density at radius 3 is 2.48 bits per heavy atom. The first-order valence-electron chi connectivity index (χ1n) is 10.7. The van der Waals surface area contributed by atoms with Crippen LogP contribution in [0.1, 0.15) is 35.9 Å². The molecule has 0 spiro atoms. The van der Waals surface area contributed by atoms with Crippen LogP contribution in [0, 0.1) is 13.8 Å². The van der Waals surface area contributed by atoms with Crippen LogP contribution >= 0.6 is 11.8 Å². The lowest BCUT2D eigenvalue weighted by Gasteiger charge is -2.19. The number of amides is 1. The van der Waals surface area contributed by atoms with E-state index >= 15 is 0 Å². The molecule has 0 atom stereocenters. The molecule has 4 rings (SSSR count). The lowest BCUT2D eigenvalue weighted by Crippen LogP contribution is -2.30. The van der Waals surface area contributed by atoms with E-state index < -0.39 is 0 Å². The van der Waals surface area contributed by atoms with Crippen molar-refractivity contribution in [1.82, 2.24) is 20.2 Å². The monoisotopic (exact) mass is 462 g/mol. The van der Waals surface area contributed by atoms with Crippen molar-refractivity contribution in [2.24, 2.45) is 4.99 Å². The molecule has 1 aliphatic heterocycles. The Kier molecular flexibility index (Phi) is 6.88. The molecule has 3 aromatic rings. The molecule has 0 saturated carbocycles. The van der Waals surface area contributed by atoms with E-state index in [1.54, 1.807) is 22.8 Å². The van der Waals surface area contributed by atoms with Gasteiger partial charge in [0.25, 0.3) is 5.91 Å². The fourth-order valence-electron chi connectivity index (χ4n) is 3.60. The smallest absolute Gasteiger partial charge is 0.283 e. The average molecular weight is 463 g/mol. The molecule has 1 aliphatic rings. The molecule has 9 heteroatoms. The zero-order valence-electron chi connectivity index (χ0n) is 19.1. The molecule has 0 radical (unpaired) electrons. The van der Waals surface area contributed by atoms with E-state index in [0.29, 0.717) is 16.6 Å². The molecule has 1 aromatic heterocycles. The molecule has 0 saturated heterocycles. The summed E-state index contributed by atoms with van der Waals surface area (Å²) in [6.07, 6.45) is 2.73. The number of anilines is 1. The quantitative estimate of drug-likeness (QED) is 0.484. The van der Waals surface area contributed by atoms with Crippen LogP contribution in [-0.4, -0.2) is 38.4 Å². The number of tetrazole rings is 1. The molecule has 0 unspecified atom stereocenters. The van der Waals surface area contributed by atoms with Crippen molar-refractivity contribution in [1.29, 1.82) is 0 Å². The minimum atomic E-state index is -0.161. The normalized spacial score (nSPS) is 14.8. The zero-order chi connectivity index (χ0) is 23.4. The number of carbonyl (C=O) groups excluding carboxylic acids is 1. The Balaban J connectivity index is 1.67. The van der Waals surface area contributed by atoms with Crippen LogP contribution in [0.15, 0.2) is 53.2 Å². The van der Waals surface area contributed by atoms with Gasteiger partial charge in [-0.15, -0.1) is 5.10 Å². The SMILES string of the molecule is CCCn1nnnc1CSC1=N/C(=C\c2ccc(OC)cc2)C(=O)N1c1cc(C)cc(C)c1. The van der Waals surface area contributed by atoms with Gasteiger partial charge in [0.15, 0.2) is 11.0 Å². The molecule has 1 amide bonds. The summed E-state index contributed by atoms with van der Waals surface area (Å²) in [5.74, 6) is 1.86. The number of aromatic nitrogens is 4. The number of aryl methyl sites for hydroxylation is 3. The molecule has 0 aliphatic carbocycles. The molecule has 0 N–H and O–H groups in total. The maximum absolute atomic E-state index is 13.5. The minimum Gasteiger partial charge on any atom is -0.497 e. The van der Waals surface area contributed by atoms with Crippen molar-refractivity contribution in [2.45, 2.75) is 39.5 Å². The fourth-order valence-corrected chi connectivity index (χ4v) is 4.55. The van der Waals surface area contributed by atoms with Crippen LogP contribution in [0.3, 0.4) is 0 Å². The highest BCUT2D eigenvalue weighted by molar-refractivity contribution is 8.13. The summed E-state index contributed by atoms with van der Waals surface area (Å²) in [4.78, 5) is 19.8. The Morgan fingerprint density at radius 2 is 1.82 bits per heavy atom. The van der Waals surface area contributed by atoms with Gasteiger partial charge in [-0.2, -0.15) is 0 Å². The summed E-state index contributed by atoms with van der Waals surface area (Å²) < 4.78 is 7.02. The molecule has 0 fully saturated rings. The summed E-state index contributed by atoms with van der Waals surface area (Å²) in [6, 6.07) is 13.6. The van der Waals surface area contributed by atoms with Crippen LogP contribution in [0.4, 0.5) is 5.69 Å². The van der Waals surface area contributed by atoms with Gasteiger partial charge in [-0.1, -0.05) is 36.9 Å². The van der Waals surface area contributed by atoms with Crippen molar-refractivity contribution >= 4 is 34.6 Å². The number of thioether (sulfide) groups is 1. The van der Waals surface area contributed by atoms with Crippen LogP contribution in [0.5, 0.6) is 5.75 Å². The number of hydrogen-bond acceptors (Lipinski definition) is 7. The first kappa shape index (κ1) is 22.7. The zero-order valence-corrected chi connectivity index (χ0v) is 20.0. The Hall–Kier alpha value is -3.46. The number of amidine groups is 1. The van der Waals surface area contributed by atoms with Gasteiger partial charge in [0, 0.05) is 6.54 Å². The number of nitrogens with zero attached hydrogens (tertiary/aromatic N) is 6. The summed E-state index contributed by atoms with van der Waals surface area (Å²) in [5, 5.41) is 12.6. The second kappa shape index (κ2) is 9.99. The molecule has 2 aromatic carbocycles. The largest absolute Gasteiger partial charge is 0.497 e. The van der Waals surface area contributed by atoms with E-state index in [2.05, 4.69) is 28.5 Å². The molecular weight excluding hydrogens is 436 g/mol.